The highest BCUT2D eigenvalue weighted by molar-refractivity contribution is 8.00. The number of hydrogen-bond donors (Lipinski definition) is 5. The molecule has 0 aromatic heterocycles. The van der Waals surface area contributed by atoms with Crippen molar-refractivity contribution in [3.05, 3.63) is 0 Å². The van der Waals surface area contributed by atoms with Gasteiger partial charge in [-0.2, -0.15) is 0 Å². The molecule has 4 aliphatic rings. The normalized spacial score (nSPS) is 41.2. The molecule has 0 amide bonds. The van der Waals surface area contributed by atoms with Gasteiger partial charge in [0, 0.05) is 23.1 Å². The fourth-order valence-electron chi connectivity index (χ4n) is 6.99. The zero-order chi connectivity index (χ0) is 22.9. The largest absolute Gasteiger partial charge is 0.378 e. The van der Waals surface area contributed by atoms with E-state index in [2.05, 4.69) is 43.6 Å². The molecule has 0 aromatic rings. The highest BCUT2D eigenvalue weighted by Gasteiger charge is 2.51. The van der Waals surface area contributed by atoms with Gasteiger partial charge in [0.2, 0.25) is 0 Å². The summed E-state index contributed by atoms with van der Waals surface area (Å²) in [5.74, 6) is 2.50. The van der Waals surface area contributed by atoms with E-state index >= 15 is 0 Å². The van der Waals surface area contributed by atoms with Gasteiger partial charge in [0.15, 0.2) is 0 Å². The standard InChI is InChI=1S/C26H49N3O2S/c1-16-6-5-7-19(14-16)28-24(31)22-20-9-8-18(26(2,3)4)15-21(20)32-25(22)29-23(30)17-10-12-27-13-11-17/h16-25,27-31H,5-15H2,1-4H3. The lowest BCUT2D eigenvalue weighted by Gasteiger charge is -2.41. The smallest absolute Gasteiger partial charge is 0.110 e. The summed E-state index contributed by atoms with van der Waals surface area (Å²) in [6, 6.07) is 0.429. The average Bonchev–Trinajstić information content (AvgIpc) is 3.10. The van der Waals surface area contributed by atoms with Gasteiger partial charge in [0.1, 0.15) is 12.5 Å². The number of piperidine rings is 1. The fourth-order valence-corrected chi connectivity index (χ4v) is 8.98. The van der Waals surface area contributed by atoms with E-state index in [0.29, 0.717) is 28.5 Å². The zero-order valence-corrected chi connectivity index (χ0v) is 21.7. The molecule has 5 N–H and O–H groups in total. The number of aliphatic hydroxyl groups is 2. The molecule has 0 radical (unpaired) electrons. The Morgan fingerprint density at radius 1 is 0.906 bits per heavy atom. The summed E-state index contributed by atoms with van der Waals surface area (Å²) in [5.41, 5.74) is 0.344. The Hall–Kier alpha value is 0.150. The maximum atomic E-state index is 11.5. The van der Waals surface area contributed by atoms with E-state index in [9.17, 15) is 10.2 Å². The monoisotopic (exact) mass is 467 g/mol. The van der Waals surface area contributed by atoms with Gasteiger partial charge in [0.05, 0.1) is 5.37 Å². The third-order valence-corrected chi connectivity index (χ3v) is 10.7. The minimum atomic E-state index is -0.489. The third-order valence-electron chi connectivity index (χ3n) is 9.11. The number of thioether (sulfide) groups is 1. The lowest BCUT2D eigenvalue weighted by molar-refractivity contribution is -0.00575. The number of nitrogens with one attached hydrogen (secondary N) is 3. The lowest BCUT2D eigenvalue weighted by atomic mass is 9.67. The molecule has 186 valence electrons. The van der Waals surface area contributed by atoms with Crippen LogP contribution in [-0.4, -0.2) is 52.4 Å². The van der Waals surface area contributed by atoms with Gasteiger partial charge in [-0.3, -0.25) is 10.6 Å². The van der Waals surface area contributed by atoms with Crippen LogP contribution in [0.4, 0.5) is 0 Å². The first-order chi connectivity index (χ1) is 15.2. The van der Waals surface area contributed by atoms with E-state index in [0.717, 1.165) is 37.8 Å². The van der Waals surface area contributed by atoms with Gasteiger partial charge in [-0.25, -0.2) is 0 Å². The Balaban J connectivity index is 1.45. The number of rotatable bonds is 6. The minimum Gasteiger partial charge on any atom is -0.378 e. The summed E-state index contributed by atoms with van der Waals surface area (Å²) < 4.78 is 0. The van der Waals surface area contributed by atoms with Crippen molar-refractivity contribution in [1.82, 2.24) is 16.0 Å². The maximum Gasteiger partial charge on any atom is 0.110 e. The molecule has 0 spiro atoms. The molecule has 9 atom stereocenters. The molecule has 4 fully saturated rings. The highest BCUT2D eigenvalue weighted by Crippen LogP contribution is 2.54. The topological polar surface area (TPSA) is 76.5 Å². The van der Waals surface area contributed by atoms with Gasteiger partial charge in [-0.05, 0) is 81.2 Å². The molecule has 2 aliphatic carbocycles. The summed E-state index contributed by atoms with van der Waals surface area (Å²) in [6.45, 7) is 11.5. The summed E-state index contributed by atoms with van der Waals surface area (Å²) in [4.78, 5) is 0. The molecular formula is C26H49N3O2S. The summed E-state index contributed by atoms with van der Waals surface area (Å²) in [6.07, 6.45) is 9.72. The van der Waals surface area contributed by atoms with Crippen LogP contribution in [0.15, 0.2) is 0 Å². The van der Waals surface area contributed by atoms with Crippen LogP contribution in [0.3, 0.4) is 0 Å². The van der Waals surface area contributed by atoms with Gasteiger partial charge < -0.3 is 15.5 Å². The quantitative estimate of drug-likeness (QED) is 0.382. The predicted octanol–water partition coefficient (Wildman–Crippen LogP) is 3.90. The molecule has 0 bridgehead atoms. The van der Waals surface area contributed by atoms with Crippen LogP contribution >= 0.6 is 11.8 Å². The summed E-state index contributed by atoms with van der Waals surface area (Å²) in [5, 5.41) is 33.9. The van der Waals surface area contributed by atoms with Crippen molar-refractivity contribution >= 4 is 11.8 Å². The average molecular weight is 468 g/mol. The van der Waals surface area contributed by atoms with Crippen LogP contribution in [-0.2, 0) is 0 Å². The minimum absolute atomic E-state index is 0.122. The van der Waals surface area contributed by atoms with Gasteiger partial charge >= 0.3 is 0 Å². The maximum absolute atomic E-state index is 11.5. The van der Waals surface area contributed by atoms with E-state index in [1.54, 1.807) is 0 Å². The van der Waals surface area contributed by atoms with E-state index < -0.39 is 12.5 Å². The first-order valence-corrected chi connectivity index (χ1v) is 14.4. The van der Waals surface area contributed by atoms with Crippen molar-refractivity contribution in [3.63, 3.8) is 0 Å². The van der Waals surface area contributed by atoms with Crippen LogP contribution in [0.5, 0.6) is 0 Å². The molecule has 5 nitrogen and oxygen atoms in total. The van der Waals surface area contributed by atoms with Crippen LogP contribution in [0.2, 0.25) is 0 Å². The van der Waals surface area contributed by atoms with Crippen LogP contribution < -0.4 is 16.0 Å². The second kappa shape index (κ2) is 10.8. The lowest BCUT2D eigenvalue weighted by Crippen LogP contribution is -2.54. The zero-order valence-electron chi connectivity index (χ0n) is 20.9. The van der Waals surface area contributed by atoms with Crippen LogP contribution in [0.25, 0.3) is 0 Å². The first-order valence-electron chi connectivity index (χ1n) is 13.5. The number of fused-ring (bicyclic) bond motifs is 1. The second-order valence-electron chi connectivity index (χ2n) is 12.5. The van der Waals surface area contributed by atoms with Gasteiger partial charge in [-0.15, -0.1) is 11.8 Å². The van der Waals surface area contributed by atoms with Crippen molar-refractivity contribution in [2.45, 2.75) is 115 Å². The Morgan fingerprint density at radius 3 is 2.34 bits per heavy atom. The predicted molar refractivity (Wildman–Crippen MR) is 134 cm³/mol. The van der Waals surface area contributed by atoms with Crippen molar-refractivity contribution < 1.29 is 10.2 Å². The highest BCUT2D eigenvalue weighted by atomic mass is 32.2. The van der Waals surface area contributed by atoms with Gasteiger partial charge in [-0.1, -0.05) is 40.5 Å². The van der Waals surface area contributed by atoms with Crippen LogP contribution in [0.1, 0.15) is 85.5 Å². The van der Waals surface area contributed by atoms with Crippen molar-refractivity contribution in [3.8, 4) is 0 Å². The number of aliphatic hydroxyl groups excluding tert-OH is 2. The van der Waals surface area contributed by atoms with E-state index in [1.165, 1.54) is 44.9 Å². The molecule has 2 saturated carbocycles. The molecule has 32 heavy (non-hydrogen) atoms. The Morgan fingerprint density at radius 2 is 1.66 bits per heavy atom. The Labute approximate surface area is 200 Å². The summed E-state index contributed by atoms with van der Waals surface area (Å²) in [7, 11) is 0. The number of hydrogen-bond acceptors (Lipinski definition) is 6. The molecule has 6 heteroatoms. The van der Waals surface area contributed by atoms with E-state index in [4.69, 9.17) is 0 Å². The van der Waals surface area contributed by atoms with Crippen molar-refractivity contribution in [2.24, 2.45) is 35.0 Å². The van der Waals surface area contributed by atoms with Crippen molar-refractivity contribution in [2.75, 3.05) is 13.1 Å². The molecule has 0 aromatic carbocycles. The van der Waals surface area contributed by atoms with E-state index in [-0.39, 0.29) is 11.3 Å². The molecule has 2 aliphatic heterocycles. The van der Waals surface area contributed by atoms with Crippen molar-refractivity contribution in [1.29, 1.82) is 0 Å². The fraction of sp³-hybridized carbons (Fsp3) is 1.00. The summed E-state index contributed by atoms with van der Waals surface area (Å²) >= 11 is 2.02. The Bertz CT molecular complexity index is 594. The third kappa shape index (κ3) is 6.04. The molecule has 9 unspecified atom stereocenters. The molecule has 4 rings (SSSR count). The second-order valence-corrected chi connectivity index (χ2v) is 13.9. The SMILES string of the molecule is CC1CCCC(NC(O)C2C(NC(O)C3CCNCC3)SC3CC(C(C)(C)C)CCC32)C1. The molecule has 2 heterocycles. The van der Waals surface area contributed by atoms with Crippen LogP contribution in [0, 0.1) is 35.0 Å². The molecule has 2 saturated heterocycles. The first kappa shape index (κ1) is 25.2. The molecular weight excluding hydrogens is 418 g/mol. The van der Waals surface area contributed by atoms with Gasteiger partial charge in [0.25, 0.3) is 0 Å². The Kier molecular flexibility index (Phi) is 8.54. The van der Waals surface area contributed by atoms with E-state index in [1.807, 2.05) is 11.8 Å².